The maximum Gasteiger partial charge on any atom is 0.264 e. The lowest BCUT2D eigenvalue weighted by molar-refractivity contribution is 0.0941. The summed E-state index contributed by atoms with van der Waals surface area (Å²) in [5.74, 6) is 0.336. The summed E-state index contributed by atoms with van der Waals surface area (Å²) in [5.41, 5.74) is 1.27. The van der Waals surface area contributed by atoms with E-state index in [1.807, 2.05) is 12.1 Å². The van der Waals surface area contributed by atoms with Gasteiger partial charge in [0.2, 0.25) is 7.37 Å². The molecule has 0 aliphatic carbocycles. The number of ether oxygens (including phenoxy) is 1. The van der Waals surface area contributed by atoms with Crippen LogP contribution in [0.1, 0.15) is 34.5 Å². The Morgan fingerprint density at radius 3 is 2.27 bits per heavy atom. The van der Waals surface area contributed by atoms with Gasteiger partial charge in [0.15, 0.2) is 5.82 Å². The maximum absolute atomic E-state index is 13.2. The maximum atomic E-state index is 13.2. The molecule has 2 N–H and O–H groups in total. The average Bonchev–Trinajstić information content (AvgIpc) is 2.92. The van der Waals surface area contributed by atoms with Crippen molar-refractivity contribution in [1.82, 2.24) is 20.3 Å². The van der Waals surface area contributed by atoms with Gasteiger partial charge in [-0.3, -0.25) is 19.1 Å². The lowest BCUT2D eigenvalue weighted by Crippen LogP contribution is -2.33. The summed E-state index contributed by atoms with van der Waals surface area (Å²) in [5, 5.41) is 3.50. The number of H-pyrrole nitrogens is 1. The number of hydrogen-bond acceptors (Lipinski definition) is 7. The van der Waals surface area contributed by atoms with Crippen LogP contribution >= 0.6 is 7.37 Å². The Morgan fingerprint density at radius 2 is 1.70 bits per heavy atom. The molecule has 190 valence electrons. The van der Waals surface area contributed by atoms with Gasteiger partial charge < -0.3 is 19.6 Å². The SMILES string of the molecule is CCOP(C)(=O)c1ccc(C(NC(=O)c2cnc(-c3ccccn3)[nH]c2=O)c2ccc(OC)cc2)cc1. The van der Waals surface area contributed by atoms with Gasteiger partial charge in [-0.25, -0.2) is 4.98 Å². The first-order valence-corrected chi connectivity index (χ1v) is 13.7. The van der Waals surface area contributed by atoms with Crippen molar-refractivity contribution >= 4 is 18.6 Å². The number of hydrogen-bond donors (Lipinski definition) is 2. The molecule has 2 heterocycles. The molecular formula is C27H27N4O5P. The molecule has 9 nitrogen and oxygen atoms in total. The third-order valence-corrected chi connectivity index (χ3v) is 7.73. The van der Waals surface area contributed by atoms with Crippen molar-refractivity contribution < 1.29 is 18.6 Å². The number of methoxy groups -OCH3 is 1. The Labute approximate surface area is 214 Å². The van der Waals surface area contributed by atoms with Crippen LogP contribution in [0, 0.1) is 0 Å². The van der Waals surface area contributed by atoms with Crippen LogP contribution in [0.4, 0.5) is 0 Å². The van der Waals surface area contributed by atoms with Gasteiger partial charge in [0, 0.05) is 24.4 Å². The Balaban J connectivity index is 1.66. The molecule has 0 spiro atoms. The van der Waals surface area contributed by atoms with Gasteiger partial charge in [-0.1, -0.05) is 30.3 Å². The van der Waals surface area contributed by atoms with Gasteiger partial charge in [0.1, 0.15) is 17.0 Å². The van der Waals surface area contributed by atoms with E-state index < -0.39 is 24.9 Å². The lowest BCUT2D eigenvalue weighted by atomic mass is 9.98. The number of rotatable bonds is 9. The smallest absolute Gasteiger partial charge is 0.264 e. The van der Waals surface area contributed by atoms with Gasteiger partial charge >= 0.3 is 0 Å². The molecule has 2 unspecified atom stereocenters. The minimum absolute atomic E-state index is 0.135. The summed E-state index contributed by atoms with van der Waals surface area (Å²) in [6.07, 6.45) is 2.83. The molecule has 0 bridgehead atoms. The Morgan fingerprint density at radius 1 is 1.03 bits per heavy atom. The van der Waals surface area contributed by atoms with Crippen LogP contribution in [-0.4, -0.2) is 41.2 Å². The second-order valence-corrected chi connectivity index (χ2v) is 10.7. The zero-order valence-electron chi connectivity index (χ0n) is 20.7. The van der Waals surface area contributed by atoms with Crippen molar-refractivity contribution in [2.75, 3.05) is 20.4 Å². The van der Waals surface area contributed by atoms with E-state index in [0.29, 0.717) is 23.4 Å². The first kappa shape index (κ1) is 26.0. The van der Waals surface area contributed by atoms with Crippen LogP contribution in [0.5, 0.6) is 5.75 Å². The number of aromatic amines is 1. The average molecular weight is 519 g/mol. The van der Waals surface area contributed by atoms with Crippen molar-refractivity contribution in [3.05, 3.63) is 106 Å². The van der Waals surface area contributed by atoms with E-state index in [0.717, 1.165) is 11.1 Å². The summed E-state index contributed by atoms with van der Waals surface area (Å²) in [6.45, 7) is 3.70. The van der Waals surface area contributed by atoms with E-state index in [9.17, 15) is 14.2 Å². The van der Waals surface area contributed by atoms with Crippen molar-refractivity contribution in [3.8, 4) is 17.3 Å². The molecule has 2 aromatic carbocycles. The molecule has 2 aromatic heterocycles. The summed E-state index contributed by atoms with van der Waals surface area (Å²) in [7, 11) is -1.38. The van der Waals surface area contributed by atoms with E-state index in [-0.39, 0.29) is 11.4 Å². The highest BCUT2D eigenvalue weighted by Crippen LogP contribution is 2.41. The van der Waals surface area contributed by atoms with Gasteiger partial charge in [0.05, 0.1) is 19.8 Å². The standard InChI is InChI=1S/C27H27N4O5P/c1-4-36-37(3,34)21-14-10-19(11-15-21)24(18-8-12-20(35-2)13-9-18)30-26(32)22-17-29-25(31-27(22)33)23-7-5-6-16-28-23/h5-17,24H,4H2,1-3H3,(H,30,32)(H,29,31,33). The number of amides is 1. The molecule has 0 fully saturated rings. The van der Waals surface area contributed by atoms with Gasteiger partial charge in [0.25, 0.3) is 11.5 Å². The van der Waals surface area contributed by atoms with E-state index in [1.54, 1.807) is 81.5 Å². The number of nitrogens with one attached hydrogen (secondary N) is 2. The highest BCUT2D eigenvalue weighted by Gasteiger charge is 2.23. The molecule has 1 amide bonds. The van der Waals surface area contributed by atoms with Crippen molar-refractivity contribution in [2.45, 2.75) is 13.0 Å². The largest absolute Gasteiger partial charge is 0.497 e. The third-order valence-electron chi connectivity index (χ3n) is 5.75. The zero-order valence-corrected chi connectivity index (χ0v) is 21.6. The Bertz CT molecular complexity index is 1470. The van der Waals surface area contributed by atoms with Crippen molar-refractivity contribution in [3.63, 3.8) is 0 Å². The Kier molecular flexibility index (Phi) is 7.96. The summed E-state index contributed by atoms with van der Waals surface area (Å²) < 4.78 is 23.5. The molecule has 4 aromatic rings. The highest BCUT2D eigenvalue weighted by molar-refractivity contribution is 7.66. The van der Waals surface area contributed by atoms with Crippen molar-refractivity contribution in [2.24, 2.45) is 0 Å². The van der Waals surface area contributed by atoms with Crippen LogP contribution in [0.15, 0.2) is 83.9 Å². The van der Waals surface area contributed by atoms with E-state index in [1.165, 1.54) is 6.20 Å². The van der Waals surface area contributed by atoms with E-state index in [4.69, 9.17) is 9.26 Å². The number of nitrogens with zero attached hydrogens (tertiary/aromatic N) is 2. The summed E-state index contributed by atoms with van der Waals surface area (Å²) in [4.78, 5) is 37.0. The lowest BCUT2D eigenvalue weighted by Gasteiger charge is -2.21. The molecular weight excluding hydrogens is 491 g/mol. The molecule has 37 heavy (non-hydrogen) atoms. The van der Waals surface area contributed by atoms with Gasteiger partial charge in [-0.15, -0.1) is 0 Å². The van der Waals surface area contributed by atoms with Crippen LogP contribution in [0.25, 0.3) is 11.5 Å². The topological polar surface area (TPSA) is 123 Å². The monoisotopic (exact) mass is 518 g/mol. The number of benzene rings is 2. The zero-order chi connectivity index (χ0) is 26.4. The highest BCUT2D eigenvalue weighted by atomic mass is 31.2. The number of carbonyl (C=O) groups excluding carboxylic acids is 1. The molecule has 0 saturated carbocycles. The second-order valence-electron chi connectivity index (χ2n) is 8.22. The van der Waals surface area contributed by atoms with Crippen LogP contribution in [-0.2, 0) is 9.09 Å². The predicted molar refractivity (Wildman–Crippen MR) is 142 cm³/mol. The third kappa shape index (κ3) is 6.02. The van der Waals surface area contributed by atoms with Gasteiger partial charge in [-0.05, 0) is 54.4 Å². The van der Waals surface area contributed by atoms with E-state index in [2.05, 4.69) is 20.3 Å². The normalized spacial score (nSPS) is 13.4. The number of aromatic nitrogens is 3. The predicted octanol–water partition coefficient (Wildman–Crippen LogP) is 3.93. The first-order valence-electron chi connectivity index (χ1n) is 11.6. The Hall–Kier alpha value is -4.07. The van der Waals surface area contributed by atoms with Crippen LogP contribution < -0.4 is 20.9 Å². The molecule has 0 aliphatic heterocycles. The second kappa shape index (κ2) is 11.3. The van der Waals surface area contributed by atoms with Gasteiger partial charge in [-0.2, -0.15) is 0 Å². The summed E-state index contributed by atoms with van der Waals surface area (Å²) in [6, 6.07) is 18.9. The van der Waals surface area contributed by atoms with E-state index >= 15 is 0 Å². The minimum Gasteiger partial charge on any atom is -0.497 e. The molecule has 0 radical (unpaired) electrons. The fourth-order valence-electron chi connectivity index (χ4n) is 3.81. The molecule has 0 aliphatic rings. The first-order chi connectivity index (χ1) is 17.8. The fourth-order valence-corrected chi connectivity index (χ4v) is 5.14. The van der Waals surface area contributed by atoms with Crippen molar-refractivity contribution in [1.29, 1.82) is 0 Å². The summed E-state index contributed by atoms with van der Waals surface area (Å²) >= 11 is 0. The number of pyridine rings is 1. The minimum atomic E-state index is -2.95. The fraction of sp³-hybridized carbons (Fsp3) is 0.185. The molecule has 0 saturated heterocycles. The molecule has 10 heteroatoms. The van der Waals surface area contributed by atoms with Crippen LogP contribution in [0.3, 0.4) is 0 Å². The molecule has 2 atom stereocenters. The number of carbonyl (C=O) groups is 1. The quantitative estimate of drug-likeness (QED) is 0.322. The van der Waals surface area contributed by atoms with Crippen LogP contribution in [0.2, 0.25) is 0 Å². The molecule has 4 rings (SSSR count).